The van der Waals surface area contributed by atoms with Crippen molar-refractivity contribution in [3.63, 3.8) is 0 Å². The summed E-state index contributed by atoms with van der Waals surface area (Å²) in [6, 6.07) is 13.4. The van der Waals surface area contributed by atoms with Crippen molar-refractivity contribution >= 4 is 23.3 Å². The van der Waals surface area contributed by atoms with E-state index < -0.39 is 0 Å². The van der Waals surface area contributed by atoms with E-state index in [-0.39, 0.29) is 11.9 Å². The number of imidazole rings is 1. The molecule has 0 aliphatic heterocycles. The molecule has 22 heavy (non-hydrogen) atoms. The molecule has 0 unspecified atom stereocenters. The van der Waals surface area contributed by atoms with Crippen LogP contribution < -0.4 is 17.2 Å². The molecule has 1 aromatic carbocycles. The molecule has 0 aliphatic carbocycles. The summed E-state index contributed by atoms with van der Waals surface area (Å²) in [7, 11) is 0. The van der Waals surface area contributed by atoms with Gasteiger partial charge in [-0.15, -0.1) is 0 Å². The van der Waals surface area contributed by atoms with Crippen LogP contribution in [0.3, 0.4) is 0 Å². The molecule has 0 amide bonds. The van der Waals surface area contributed by atoms with Crippen LogP contribution in [0, 0.1) is 0 Å². The molecular formula is C15H15N7. The van der Waals surface area contributed by atoms with Gasteiger partial charge in [0.2, 0.25) is 5.96 Å². The van der Waals surface area contributed by atoms with Gasteiger partial charge in [-0.2, -0.15) is 4.99 Å². The third-order valence-electron chi connectivity index (χ3n) is 2.99. The minimum Gasteiger partial charge on any atom is -0.370 e. The zero-order valence-electron chi connectivity index (χ0n) is 11.7. The molecule has 110 valence electrons. The molecular weight excluding hydrogens is 278 g/mol. The maximum absolute atomic E-state index is 5.64. The molecule has 2 aromatic heterocycles. The predicted molar refractivity (Wildman–Crippen MR) is 87.7 cm³/mol. The number of rotatable bonds is 2. The molecule has 0 saturated heterocycles. The largest absolute Gasteiger partial charge is 0.370 e. The number of pyridine rings is 1. The number of benzene rings is 1. The fourth-order valence-electron chi connectivity index (χ4n) is 2.10. The van der Waals surface area contributed by atoms with Crippen LogP contribution in [0.25, 0.3) is 16.9 Å². The first kappa shape index (κ1) is 13.6. The van der Waals surface area contributed by atoms with E-state index in [2.05, 4.69) is 15.0 Å². The van der Waals surface area contributed by atoms with Gasteiger partial charge in [-0.05, 0) is 24.3 Å². The topological polar surface area (TPSA) is 120 Å². The van der Waals surface area contributed by atoms with Gasteiger partial charge in [-0.1, -0.05) is 18.2 Å². The standard InChI is InChI=1S/C15H15N7/c16-14(17)21-15(18)19-11-5-3-4-10(8-11)12-9-22-7-2-1-6-13(22)20-12/h1-9H,(H6,16,17,18,19,21). The fourth-order valence-corrected chi connectivity index (χ4v) is 2.10. The van der Waals surface area contributed by atoms with Crippen molar-refractivity contribution in [2.75, 3.05) is 0 Å². The maximum atomic E-state index is 5.64. The highest BCUT2D eigenvalue weighted by molar-refractivity contribution is 5.93. The number of fused-ring (bicyclic) bond motifs is 1. The summed E-state index contributed by atoms with van der Waals surface area (Å²) in [5, 5.41) is 0. The van der Waals surface area contributed by atoms with Gasteiger partial charge < -0.3 is 21.6 Å². The highest BCUT2D eigenvalue weighted by atomic mass is 15.1. The lowest BCUT2D eigenvalue weighted by Gasteiger charge is -1.99. The van der Waals surface area contributed by atoms with Crippen LogP contribution in [0.15, 0.2) is 64.8 Å². The summed E-state index contributed by atoms with van der Waals surface area (Å²) in [4.78, 5) is 12.4. The Bertz CT molecular complexity index is 839. The number of hydrogen-bond acceptors (Lipinski definition) is 2. The second-order valence-electron chi connectivity index (χ2n) is 4.65. The van der Waals surface area contributed by atoms with Gasteiger partial charge in [0.1, 0.15) is 5.65 Å². The van der Waals surface area contributed by atoms with E-state index in [1.54, 1.807) is 0 Å². The first-order valence-corrected chi connectivity index (χ1v) is 6.60. The average molecular weight is 293 g/mol. The molecule has 0 bridgehead atoms. The Balaban J connectivity index is 1.99. The van der Waals surface area contributed by atoms with Crippen molar-refractivity contribution in [2.24, 2.45) is 27.2 Å². The van der Waals surface area contributed by atoms with Gasteiger partial charge >= 0.3 is 0 Å². The number of guanidine groups is 2. The van der Waals surface area contributed by atoms with Gasteiger partial charge in [0.15, 0.2) is 5.96 Å². The summed E-state index contributed by atoms with van der Waals surface area (Å²) < 4.78 is 1.96. The van der Waals surface area contributed by atoms with Crippen LogP contribution in [0.1, 0.15) is 0 Å². The van der Waals surface area contributed by atoms with E-state index in [9.17, 15) is 0 Å². The van der Waals surface area contributed by atoms with E-state index in [0.29, 0.717) is 5.69 Å². The Morgan fingerprint density at radius 3 is 2.68 bits per heavy atom. The quantitative estimate of drug-likeness (QED) is 0.486. The number of nitrogens with zero attached hydrogens (tertiary/aromatic N) is 4. The second-order valence-corrected chi connectivity index (χ2v) is 4.65. The zero-order valence-corrected chi connectivity index (χ0v) is 11.7. The molecule has 3 aromatic rings. The molecule has 6 N–H and O–H groups in total. The summed E-state index contributed by atoms with van der Waals surface area (Å²) in [6.07, 6.45) is 3.90. The number of aromatic nitrogens is 2. The maximum Gasteiger partial charge on any atom is 0.223 e. The monoisotopic (exact) mass is 293 g/mol. The fraction of sp³-hybridized carbons (Fsp3) is 0. The van der Waals surface area contributed by atoms with Crippen LogP contribution in [0.5, 0.6) is 0 Å². The first-order valence-electron chi connectivity index (χ1n) is 6.60. The number of hydrogen-bond donors (Lipinski definition) is 3. The third kappa shape index (κ3) is 2.88. The van der Waals surface area contributed by atoms with Crippen LogP contribution in [-0.4, -0.2) is 21.3 Å². The third-order valence-corrected chi connectivity index (χ3v) is 2.99. The number of aliphatic imine (C=N–C) groups is 2. The van der Waals surface area contributed by atoms with E-state index in [1.807, 2.05) is 59.3 Å². The minimum absolute atomic E-state index is 0.00662. The zero-order chi connectivity index (χ0) is 15.5. The first-order chi connectivity index (χ1) is 10.6. The van der Waals surface area contributed by atoms with Crippen molar-refractivity contribution < 1.29 is 0 Å². The van der Waals surface area contributed by atoms with Crippen molar-refractivity contribution in [3.05, 3.63) is 54.9 Å². The van der Waals surface area contributed by atoms with Gasteiger partial charge in [-0.3, -0.25) is 0 Å². The Labute approximate surface area is 126 Å². The molecule has 3 rings (SSSR count). The molecule has 0 spiro atoms. The molecule has 0 aliphatic rings. The van der Waals surface area contributed by atoms with Crippen molar-refractivity contribution in [2.45, 2.75) is 0 Å². The van der Waals surface area contributed by atoms with Crippen molar-refractivity contribution in [1.82, 2.24) is 9.38 Å². The summed E-state index contributed by atoms with van der Waals surface area (Å²) in [6.45, 7) is 0. The van der Waals surface area contributed by atoms with E-state index in [1.165, 1.54) is 0 Å². The van der Waals surface area contributed by atoms with Crippen molar-refractivity contribution in [1.29, 1.82) is 0 Å². The van der Waals surface area contributed by atoms with Crippen LogP contribution in [0.4, 0.5) is 5.69 Å². The lowest BCUT2D eigenvalue weighted by molar-refractivity contribution is 1.19. The predicted octanol–water partition coefficient (Wildman–Crippen LogP) is 1.22. The molecule has 7 heteroatoms. The molecule has 0 fully saturated rings. The van der Waals surface area contributed by atoms with Crippen LogP contribution in [-0.2, 0) is 0 Å². The smallest absolute Gasteiger partial charge is 0.223 e. The Morgan fingerprint density at radius 2 is 1.91 bits per heavy atom. The summed E-state index contributed by atoms with van der Waals surface area (Å²) in [5.74, 6) is -0.120. The van der Waals surface area contributed by atoms with Crippen LogP contribution in [0.2, 0.25) is 0 Å². The Kier molecular flexibility index (Phi) is 3.45. The SMILES string of the molecule is NC(N)=NC(N)=Nc1cccc(-c2cn3ccccc3n2)c1. The van der Waals surface area contributed by atoms with E-state index in [4.69, 9.17) is 17.2 Å². The minimum atomic E-state index is -0.127. The Morgan fingerprint density at radius 1 is 1.05 bits per heavy atom. The van der Waals surface area contributed by atoms with Gasteiger partial charge in [0.25, 0.3) is 0 Å². The van der Waals surface area contributed by atoms with Gasteiger partial charge in [0, 0.05) is 18.0 Å². The highest BCUT2D eigenvalue weighted by Crippen LogP contribution is 2.23. The lowest BCUT2D eigenvalue weighted by atomic mass is 10.1. The summed E-state index contributed by atoms with van der Waals surface area (Å²) in [5.41, 5.74) is 19.5. The van der Waals surface area contributed by atoms with Gasteiger partial charge in [0.05, 0.1) is 11.4 Å². The van der Waals surface area contributed by atoms with E-state index >= 15 is 0 Å². The van der Waals surface area contributed by atoms with E-state index in [0.717, 1.165) is 16.9 Å². The average Bonchev–Trinajstić information content (AvgIpc) is 2.90. The second kappa shape index (κ2) is 5.57. The number of nitrogens with two attached hydrogens (primary N) is 3. The van der Waals surface area contributed by atoms with Gasteiger partial charge in [-0.25, -0.2) is 9.98 Å². The molecule has 0 saturated carbocycles. The molecule has 0 radical (unpaired) electrons. The Hall–Kier alpha value is -3.35. The molecule has 7 nitrogen and oxygen atoms in total. The normalized spacial score (nSPS) is 11.5. The summed E-state index contributed by atoms with van der Waals surface area (Å²) >= 11 is 0. The molecule has 0 atom stereocenters. The van der Waals surface area contributed by atoms with Crippen molar-refractivity contribution in [3.8, 4) is 11.3 Å². The lowest BCUT2D eigenvalue weighted by Crippen LogP contribution is -2.26. The highest BCUT2D eigenvalue weighted by Gasteiger charge is 2.04. The van der Waals surface area contributed by atoms with Crippen LogP contribution >= 0.6 is 0 Å². The molecule has 2 heterocycles.